The van der Waals surface area contributed by atoms with E-state index in [1.165, 1.54) is 19.3 Å². The van der Waals surface area contributed by atoms with Crippen LogP contribution in [-0.4, -0.2) is 0 Å². The first-order valence-electron chi connectivity index (χ1n) is 5.41. The summed E-state index contributed by atoms with van der Waals surface area (Å²) in [6, 6.07) is 0. The Morgan fingerprint density at radius 1 is 1.08 bits per heavy atom. The molecule has 0 aromatic heterocycles. The highest BCUT2D eigenvalue weighted by Crippen LogP contribution is 2.36. The first kappa shape index (κ1) is 12.0. The zero-order valence-corrected chi connectivity index (χ0v) is 9.78. The highest BCUT2D eigenvalue weighted by Gasteiger charge is 2.26. The van der Waals surface area contributed by atoms with Gasteiger partial charge in [-0.2, -0.15) is 0 Å². The Balaban J connectivity index is 3.99. The molecule has 0 radical (unpaired) electrons. The van der Waals surface area contributed by atoms with Crippen molar-refractivity contribution in [2.24, 2.45) is 17.3 Å². The zero-order valence-electron chi connectivity index (χ0n) is 9.78. The van der Waals surface area contributed by atoms with Gasteiger partial charge in [-0.1, -0.05) is 54.4 Å². The SMILES string of the molecule is CCCCC(C)(C)C(C)C(C)C. The molecule has 0 bridgehead atoms. The fourth-order valence-corrected chi connectivity index (χ4v) is 1.76. The molecule has 0 heteroatoms. The fraction of sp³-hybridized carbons (Fsp3) is 1.00. The van der Waals surface area contributed by atoms with Crippen LogP contribution in [0.4, 0.5) is 0 Å². The molecule has 0 aliphatic heterocycles. The molecule has 0 rings (SSSR count). The summed E-state index contributed by atoms with van der Waals surface area (Å²) in [7, 11) is 0. The van der Waals surface area contributed by atoms with Crippen molar-refractivity contribution in [1.82, 2.24) is 0 Å². The standard InChI is InChI=1S/C12H26/c1-7-8-9-12(5,6)11(4)10(2)3/h10-11H,7-9H2,1-6H3. The fourth-order valence-electron chi connectivity index (χ4n) is 1.76. The van der Waals surface area contributed by atoms with E-state index in [-0.39, 0.29) is 0 Å². The normalized spacial score (nSPS) is 15.2. The lowest BCUT2D eigenvalue weighted by molar-refractivity contribution is 0.157. The van der Waals surface area contributed by atoms with Gasteiger partial charge in [0.15, 0.2) is 0 Å². The van der Waals surface area contributed by atoms with Crippen LogP contribution in [0.25, 0.3) is 0 Å². The van der Waals surface area contributed by atoms with Crippen molar-refractivity contribution < 1.29 is 0 Å². The van der Waals surface area contributed by atoms with Crippen molar-refractivity contribution in [3.8, 4) is 0 Å². The minimum Gasteiger partial charge on any atom is -0.0654 e. The van der Waals surface area contributed by atoms with Gasteiger partial charge < -0.3 is 0 Å². The molecule has 0 spiro atoms. The molecule has 0 amide bonds. The molecule has 0 aliphatic carbocycles. The van der Waals surface area contributed by atoms with E-state index < -0.39 is 0 Å². The summed E-state index contributed by atoms with van der Waals surface area (Å²) in [6.07, 6.45) is 4.08. The van der Waals surface area contributed by atoms with Crippen LogP contribution < -0.4 is 0 Å². The van der Waals surface area contributed by atoms with Gasteiger partial charge in [0.25, 0.3) is 0 Å². The van der Waals surface area contributed by atoms with Crippen molar-refractivity contribution in [3.05, 3.63) is 0 Å². The second-order valence-corrected chi connectivity index (χ2v) is 5.12. The Morgan fingerprint density at radius 3 is 1.92 bits per heavy atom. The van der Waals surface area contributed by atoms with E-state index in [1.807, 2.05) is 0 Å². The van der Waals surface area contributed by atoms with Crippen LogP contribution >= 0.6 is 0 Å². The molecule has 0 saturated carbocycles. The third-order valence-corrected chi connectivity index (χ3v) is 3.41. The minimum atomic E-state index is 0.532. The lowest BCUT2D eigenvalue weighted by Crippen LogP contribution is -2.25. The second kappa shape index (κ2) is 4.89. The number of unbranched alkanes of at least 4 members (excludes halogenated alkanes) is 1. The summed E-state index contributed by atoms with van der Waals surface area (Å²) in [5.74, 6) is 1.65. The van der Waals surface area contributed by atoms with Crippen LogP contribution in [0.5, 0.6) is 0 Å². The third-order valence-electron chi connectivity index (χ3n) is 3.41. The van der Waals surface area contributed by atoms with Crippen molar-refractivity contribution >= 4 is 0 Å². The van der Waals surface area contributed by atoms with Gasteiger partial charge in [-0.05, 0) is 23.7 Å². The van der Waals surface area contributed by atoms with Crippen molar-refractivity contribution in [2.45, 2.75) is 60.8 Å². The summed E-state index contributed by atoms with van der Waals surface area (Å²) in [6.45, 7) is 14.1. The summed E-state index contributed by atoms with van der Waals surface area (Å²) in [5.41, 5.74) is 0.532. The van der Waals surface area contributed by atoms with Gasteiger partial charge in [0, 0.05) is 0 Å². The molecular formula is C12H26. The molecule has 74 valence electrons. The molecular weight excluding hydrogens is 144 g/mol. The quantitative estimate of drug-likeness (QED) is 0.570. The van der Waals surface area contributed by atoms with E-state index in [4.69, 9.17) is 0 Å². The first-order chi connectivity index (χ1) is 5.41. The lowest BCUT2D eigenvalue weighted by atomic mass is 9.71. The molecule has 12 heavy (non-hydrogen) atoms. The monoisotopic (exact) mass is 170 g/mol. The lowest BCUT2D eigenvalue weighted by Gasteiger charge is -2.34. The summed E-state index contributed by atoms with van der Waals surface area (Å²) < 4.78 is 0. The van der Waals surface area contributed by atoms with Crippen LogP contribution in [0.2, 0.25) is 0 Å². The molecule has 1 atom stereocenters. The van der Waals surface area contributed by atoms with Crippen LogP contribution in [-0.2, 0) is 0 Å². The van der Waals surface area contributed by atoms with Crippen molar-refractivity contribution in [1.29, 1.82) is 0 Å². The second-order valence-electron chi connectivity index (χ2n) is 5.12. The molecule has 0 N–H and O–H groups in total. The smallest absolute Gasteiger partial charge is 0.0326 e. The van der Waals surface area contributed by atoms with E-state index in [2.05, 4.69) is 41.5 Å². The Hall–Kier alpha value is 0. The van der Waals surface area contributed by atoms with Crippen molar-refractivity contribution in [2.75, 3.05) is 0 Å². The minimum absolute atomic E-state index is 0.532. The molecule has 1 unspecified atom stereocenters. The van der Waals surface area contributed by atoms with Crippen LogP contribution in [0, 0.1) is 17.3 Å². The van der Waals surface area contributed by atoms with Crippen LogP contribution in [0.3, 0.4) is 0 Å². The van der Waals surface area contributed by atoms with E-state index in [1.54, 1.807) is 0 Å². The number of hydrogen-bond acceptors (Lipinski definition) is 0. The van der Waals surface area contributed by atoms with E-state index >= 15 is 0 Å². The van der Waals surface area contributed by atoms with Crippen molar-refractivity contribution in [3.63, 3.8) is 0 Å². The molecule has 0 aromatic rings. The van der Waals surface area contributed by atoms with Crippen LogP contribution in [0.15, 0.2) is 0 Å². The zero-order chi connectivity index (χ0) is 9.78. The van der Waals surface area contributed by atoms with E-state index in [0.29, 0.717) is 5.41 Å². The Morgan fingerprint density at radius 2 is 1.58 bits per heavy atom. The average Bonchev–Trinajstić information content (AvgIpc) is 1.99. The van der Waals surface area contributed by atoms with E-state index in [9.17, 15) is 0 Å². The van der Waals surface area contributed by atoms with E-state index in [0.717, 1.165) is 11.8 Å². The highest BCUT2D eigenvalue weighted by atomic mass is 14.3. The van der Waals surface area contributed by atoms with Gasteiger partial charge in [-0.25, -0.2) is 0 Å². The molecule has 0 nitrogen and oxygen atoms in total. The largest absolute Gasteiger partial charge is 0.0654 e. The maximum atomic E-state index is 2.41. The van der Waals surface area contributed by atoms with Gasteiger partial charge in [-0.3, -0.25) is 0 Å². The summed E-state index contributed by atoms with van der Waals surface area (Å²) in [5, 5.41) is 0. The molecule has 0 heterocycles. The summed E-state index contributed by atoms with van der Waals surface area (Å²) >= 11 is 0. The Kier molecular flexibility index (Phi) is 4.89. The Labute approximate surface area is 78.8 Å². The molecule has 0 fully saturated rings. The predicted octanol–water partition coefficient (Wildman–Crippen LogP) is 4.49. The maximum Gasteiger partial charge on any atom is -0.0326 e. The third kappa shape index (κ3) is 3.60. The summed E-state index contributed by atoms with van der Waals surface area (Å²) in [4.78, 5) is 0. The molecule has 0 aliphatic rings. The van der Waals surface area contributed by atoms with Gasteiger partial charge in [-0.15, -0.1) is 0 Å². The predicted molar refractivity (Wildman–Crippen MR) is 57.3 cm³/mol. The molecule has 0 aromatic carbocycles. The molecule has 0 saturated heterocycles. The Bertz CT molecular complexity index is 111. The van der Waals surface area contributed by atoms with Crippen LogP contribution in [0.1, 0.15) is 60.8 Å². The first-order valence-corrected chi connectivity index (χ1v) is 5.41. The van der Waals surface area contributed by atoms with Gasteiger partial charge in [0.1, 0.15) is 0 Å². The number of hydrogen-bond donors (Lipinski definition) is 0. The average molecular weight is 170 g/mol. The number of rotatable bonds is 5. The van der Waals surface area contributed by atoms with Gasteiger partial charge in [0.2, 0.25) is 0 Å². The van der Waals surface area contributed by atoms with Gasteiger partial charge >= 0.3 is 0 Å². The topological polar surface area (TPSA) is 0 Å². The highest BCUT2D eigenvalue weighted by molar-refractivity contribution is 4.77. The van der Waals surface area contributed by atoms with Gasteiger partial charge in [0.05, 0.1) is 0 Å². The maximum absolute atomic E-state index is 2.41.